The molecule has 0 spiro atoms. The van der Waals surface area contributed by atoms with Crippen molar-refractivity contribution in [2.75, 3.05) is 4.90 Å². The first-order chi connectivity index (χ1) is 26.8. The number of fused-ring (bicyclic) bond motifs is 8. The fraction of sp³-hybridized carbons (Fsp3) is 0. The average Bonchev–Trinajstić information content (AvgIpc) is 3.95. The summed E-state index contributed by atoms with van der Waals surface area (Å²) < 4.78 is 19.2. The third kappa shape index (κ3) is 4.83. The predicted molar refractivity (Wildman–Crippen MR) is 220 cm³/mol. The van der Waals surface area contributed by atoms with Crippen molar-refractivity contribution in [3.63, 3.8) is 0 Å². The molecular formula is C49H30N2O3. The second kappa shape index (κ2) is 12.1. The van der Waals surface area contributed by atoms with Gasteiger partial charge in [0, 0.05) is 50.3 Å². The highest BCUT2D eigenvalue weighted by molar-refractivity contribution is 6.17. The van der Waals surface area contributed by atoms with Crippen LogP contribution in [-0.2, 0) is 0 Å². The second-order valence-electron chi connectivity index (χ2n) is 13.5. The first-order valence-corrected chi connectivity index (χ1v) is 18.0. The van der Waals surface area contributed by atoms with Crippen molar-refractivity contribution in [3.05, 3.63) is 182 Å². The van der Waals surface area contributed by atoms with Crippen molar-refractivity contribution in [2.24, 2.45) is 0 Å². The van der Waals surface area contributed by atoms with Gasteiger partial charge in [0.25, 0.3) is 0 Å². The van der Waals surface area contributed by atoms with Crippen LogP contribution < -0.4 is 4.90 Å². The molecule has 0 bridgehead atoms. The van der Waals surface area contributed by atoms with Gasteiger partial charge in [0.1, 0.15) is 27.8 Å². The van der Waals surface area contributed by atoms with Gasteiger partial charge in [-0.05, 0) is 71.8 Å². The number of rotatable bonds is 6. The van der Waals surface area contributed by atoms with Gasteiger partial charge in [0.15, 0.2) is 5.58 Å². The molecule has 0 aliphatic carbocycles. The topological polar surface area (TPSA) is 55.6 Å². The van der Waals surface area contributed by atoms with Crippen molar-refractivity contribution in [2.45, 2.75) is 0 Å². The van der Waals surface area contributed by atoms with E-state index in [1.54, 1.807) is 0 Å². The van der Waals surface area contributed by atoms with Gasteiger partial charge in [0.2, 0.25) is 5.89 Å². The molecule has 0 atom stereocenters. The number of furan rings is 2. The molecule has 3 aromatic heterocycles. The van der Waals surface area contributed by atoms with Crippen LogP contribution in [0, 0.1) is 0 Å². The van der Waals surface area contributed by atoms with E-state index in [1.807, 2.05) is 54.6 Å². The average molecular weight is 695 g/mol. The van der Waals surface area contributed by atoms with E-state index in [0.29, 0.717) is 5.89 Å². The van der Waals surface area contributed by atoms with Crippen molar-refractivity contribution in [1.29, 1.82) is 0 Å². The monoisotopic (exact) mass is 694 g/mol. The van der Waals surface area contributed by atoms with Crippen LogP contribution in [0.1, 0.15) is 0 Å². The Morgan fingerprint density at radius 3 is 1.91 bits per heavy atom. The number of aromatic nitrogens is 1. The lowest BCUT2D eigenvalue weighted by atomic mass is 10.00. The number of anilines is 3. The molecule has 54 heavy (non-hydrogen) atoms. The lowest BCUT2D eigenvalue weighted by Crippen LogP contribution is -2.11. The van der Waals surface area contributed by atoms with E-state index in [0.717, 1.165) is 99.9 Å². The van der Waals surface area contributed by atoms with Crippen LogP contribution in [0.2, 0.25) is 0 Å². The molecular weight excluding hydrogens is 665 g/mol. The van der Waals surface area contributed by atoms with Gasteiger partial charge in [0.05, 0.1) is 11.1 Å². The van der Waals surface area contributed by atoms with Crippen molar-refractivity contribution >= 4 is 72.0 Å². The number of oxazole rings is 1. The smallest absolute Gasteiger partial charge is 0.227 e. The minimum atomic E-state index is 0.591. The van der Waals surface area contributed by atoms with Gasteiger partial charge in [-0.25, -0.2) is 4.98 Å². The summed E-state index contributed by atoms with van der Waals surface area (Å²) in [4.78, 5) is 7.26. The molecule has 5 nitrogen and oxygen atoms in total. The summed E-state index contributed by atoms with van der Waals surface area (Å²) in [5, 5.41) is 4.17. The molecule has 0 unspecified atom stereocenters. The quantitative estimate of drug-likeness (QED) is 0.173. The normalized spacial score (nSPS) is 11.7. The van der Waals surface area contributed by atoms with E-state index in [-0.39, 0.29) is 0 Å². The Bertz CT molecular complexity index is 3160. The lowest BCUT2D eigenvalue weighted by molar-refractivity contribution is 0.619. The Labute approximate surface area is 309 Å². The van der Waals surface area contributed by atoms with Crippen LogP contribution in [0.5, 0.6) is 0 Å². The Kier molecular flexibility index (Phi) is 6.79. The van der Waals surface area contributed by atoms with E-state index >= 15 is 0 Å². The fourth-order valence-electron chi connectivity index (χ4n) is 7.81. The molecule has 0 fully saturated rings. The van der Waals surface area contributed by atoms with Gasteiger partial charge in [-0.3, -0.25) is 0 Å². The largest absolute Gasteiger partial charge is 0.456 e. The fourth-order valence-corrected chi connectivity index (χ4v) is 7.81. The zero-order valence-electron chi connectivity index (χ0n) is 28.9. The lowest BCUT2D eigenvalue weighted by Gasteiger charge is -2.28. The molecule has 5 heteroatoms. The van der Waals surface area contributed by atoms with Crippen molar-refractivity contribution in [1.82, 2.24) is 4.98 Å². The molecule has 0 aliphatic rings. The van der Waals surface area contributed by atoms with Crippen molar-refractivity contribution < 1.29 is 13.3 Å². The molecule has 0 saturated carbocycles. The highest BCUT2D eigenvalue weighted by Gasteiger charge is 2.21. The molecule has 0 saturated heterocycles. The number of benzene rings is 8. The Balaban J connectivity index is 1.07. The minimum absolute atomic E-state index is 0.591. The van der Waals surface area contributed by atoms with Gasteiger partial charge in [-0.15, -0.1) is 0 Å². The van der Waals surface area contributed by atoms with Gasteiger partial charge >= 0.3 is 0 Å². The summed E-state index contributed by atoms with van der Waals surface area (Å²) >= 11 is 0. The molecule has 254 valence electrons. The second-order valence-corrected chi connectivity index (χ2v) is 13.5. The molecule has 0 amide bonds. The van der Waals surface area contributed by atoms with Crippen LogP contribution in [0.4, 0.5) is 17.1 Å². The number of nitrogens with zero attached hydrogens (tertiary/aromatic N) is 2. The van der Waals surface area contributed by atoms with E-state index in [9.17, 15) is 0 Å². The zero-order chi connectivity index (χ0) is 35.6. The summed E-state index contributed by atoms with van der Waals surface area (Å²) in [5.74, 6) is 0.591. The molecule has 11 aromatic rings. The Morgan fingerprint density at radius 2 is 1.06 bits per heavy atom. The Morgan fingerprint density at radius 1 is 0.389 bits per heavy atom. The van der Waals surface area contributed by atoms with Crippen LogP contribution in [-0.4, -0.2) is 4.98 Å². The van der Waals surface area contributed by atoms with Crippen LogP contribution >= 0.6 is 0 Å². The summed E-state index contributed by atoms with van der Waals surface area (Å²) in [5.41, 5.74) is 13.2. The maximum Gasteiger partial charge on any atom is 0.227 e. The first kappa shape index (κ1) is 30.3. The number of hydrogen-bond acceptors (Lipinski definition) is 5. The maximum absolute atomic E-state index is 6.58. The van der Waals surface area contributed by atoms with Crippen molar-refractivity contribution in [3.8, 4) is 33.7 Å². The summed E-state index contributed by atoms with van der Waals surface area (Å²) in [6, 6.07) is 62.7. The number of hydrogen-bond donors (Lipinski definition) is 0. The van der Waals surface area contributed by atoms with Crippen LogP contribution in [0.25, 0.3) is 88.7 Å². The molecule has 8 aromatic carbocycles. The summed E-state index contributed by atoms with van der Waals surface area (Å²) in [6.45, 7) is 0. The summed E-state index contributed by atoms with van der Waals surface area (Å²) in [6.07, 6.45) is 0. The molecule has 0 N–H and O–H groups in total. The van der Waals surface area contributed by atoms with Crippen LogP contribution in [0.15, 0.2) is 195 Å². The number of para-hydroxylation sites is 3. The SMILES string of the molecule is c1ccc(-c2nc3c(ccc4oc5cc(N(c6ccc(-c7cccc8c7oc7ccccc78)cc6)c6ccccc6-c6ccccc6)ccc5c43)o2)cc1. The highest BCUT2D eigenvalue weighted by Crippen LogP contribution is 2.44. The van der Waals surface area contributed by atoms with E-state index in [2.05, 4.69) is 132 Å². The van der Waals surface area contributed by atoms with Gasteiger partial charge < -0.3 is 18.2 Å². The standard InChI is InChI=1S/C49H30N2O3/c1-3-12-31(13-4-1)36-16-7-9-20-41(36)51(34-24-22-32(23-25-34)37-18-11-19-39-38-17-8-10-21-42(38)53-48(37)39)35-26-27-40-45(30-35)52-43-28-29-44-47(46(40)43)50-49(54-44)33-14-5-2-6-15-33/h1-30H. The maximum atomic E-state index is 6.58. The minimum Gasteiger partial charge on any atom is -0.456 e. The van der Waals surface area contributed by atoms with E-state index in [4.69, 9.17) is 18.2 Å². The molecule has 0 aliphatic heterocycles. The third-order valence-electron chi connectivity index (χ3n) is 10.3. The highest BCUT2D eigenvalue weighted by atomic mass is 16.4. The van der Waals surface area contributed by atoms with E-state index < -0.39 is 0 Å². The predicted octanol–water partition coefficient (Wildman–Crippen LogP) is 14.1. The van der Waals surface area contributed by atoms with Crippen LogP contribution in [0.3, 0.4) is 0 Å². The van der Waals surface area contributed by atoms with Gasteiger partial charge in [-0.1, -0.05) is 115 Å². The van der Waals surface area contributed by atoms with Gasteiger partial charge in [-0.2, -0.15) is 0 Å². The molecule has 11 rings (SSSR count). The first-order valence-electron chi connectivity index (χ1n) is 18.0. The van der Waals surface area contributed by atoms with E-state index in [1.165, 1.54) is 0 Å². The Hall–Kier alpha value is -7.37. The zero-order valence-corrected chi connectivity index (χ0v) is 28.9. The molecule has 0 radical (unpaired) electrons. The summed E-state index contributed by atoms with van der Waals surface area (Å²) in [7, 11) is 0. The third-order valence-corrected chi connectivity index (χ3v) is 10.3. The molecule has 3 heterocycles.